The van der Waals surface area contributed by atoms with Gasteiger partial charge in [0.05, 0.1) is 6.20 Å². The van der Waals surface area contributed by atoms with Crippen molar-refractivity contribution in [2.24, 2.45) is 7.05 Å². The van der Waals surface area contributed by atoms with Crippen molar-refractivity contribution < 1.29 is 4.79 Å². The van der Waals surface area contributed by atoms with E-state index in [0.717, 1.165) is 22.0 Å². The van der Waals surface area contributed by atoms with Gasteiger partial charge in [-0.15, -0.1) is 11.3 Å². The summed E-state index contributed by atoms with van der Waals surface area (Å²) in [5, 5.41) is 9.55. The molecule has 3 aromatic heterocycles. The maximum Gasteiger partial charge on any atom is 0.271 e. The van der Waals surface area contributed by atoms with Crippen molar-refractivity contribution in [2.75, 3.05) is 19.0 Å². The molecular formula is C16H18N6OS. The van der Waals surface area contributed by atoms with Gasteiger partial charge in [-0.25, -0.2) is 9.97 Å². The molecule has 0 radical (unpaired) electrons. The van der Waals surface area contributed by atoms with Gasteiger partial charge in [0.1, 0.15) is 16.5 Å². The van der Waals surface area contributed by atoms with Gasteiger partial charge < -0.3 is 10.2 Å². The van der Waals surface area contributed by atoms with Crippen molar-refractivity contribution in [1.82, 2.24) is 25.1 Å². The fourth-order valence-electron chi connectivity index (χ4n) is 2.13. The molecule has 8 heteroatoms. The third kappa shape index (κ3) is 3.60. The van der Waals surface area contributed by atoms with Gasteiger partial charge in [-0.05, 0) is 17.7 Å². The number of anilines is 1. The highest BCUT2D eigenvalue weighted by Gasteiger charge is 2.12. The van der Waals surface area contributed by atoms with Crippen LogP contribution in [0.3, 0.4) is 0 Å². The zero-order valence-corrected chi connectivity index (χ0v) is 14.5. The van der Waals surface area contributed by atoms with Gasteiger partial charge in [0.15, 0.2) is 0 Å². The van der Waals surface area contributed by atoms with E-state index < -0.39 is 0 Å². The molecule has 1 N–H and O–H groups in total. The number of aromatic nitrogens is 4. The number of pyridine rings is 1. The summed E-state index contributed by atoms with van der Waals surface area (Å²) in [6.45, 7) is 0.432. The number of aryl methyl sites for hydroxylation is 1. The maximum absolute atomic E-state index is 12.3. The Bertz CT molecular complexity index is 854. The molecule has 1 amide bonds. The molecule has 3 aromatic rings. The molecule has 7 nitrogen and oxygen atoms in total. The summed E-state index contributed by atoms with van der Waals surface area (Å²) >= 11 is 1.43. The number of amides is 1. The average molecular weight is 342 g/mol. The topological polar surface area (TPSA) is 75.9 Å². The van der Waals surface area contributed by atoms with E-state index in [1.165, 1.54) is 11.3 Å². The Balaban J connectivity index is 1.65. The van der Waals surface area contributed by atoms with E-state index in [4.69, 9.17) is 0 Å². The molecule has 0 atom stereocenters. The summed E-state index contributed by atoms with van der Waals surface area (Å²) in [4.78, 5) is 22.8. The number of thiazole rings is 1. The zero-order valence-electron chi connectivity index (χ0n) is 13.7. The van der Waals surface area contributed by atoms with Gasteiger partial charge in [-0.2, -0.15) is 5.10 Å². The molecule has 3 heterocycles. The molecule has 0 spiro atoms. The Morgan fingerprint density at radius 3 is 2.96 bits per heavy atom. The molecule has 0 aliphatic carbocycles. The van der Waals surface area contributed by atoms with Crippen molar-refractivity contribution in [3.8, 4) is 10.6 Å². The third-order valence-corrected chi connectivity index (χ3v) is 4.30. The molecule has 0 aliphatic heterocycles. The van der Waals surface area contributed by atoms with Crippen molar-refractivity contribution >= 4 is 23.1 Å². The summed E-state index contributed by atoms with van der Waals surface area (Å²) in [6, 6.07) is 3.83. The van der Waals surface area contributed by atoms with Gasteiger partial charge in [-0.1, -0.05) is 0 Å². The molecule has 0 saturated carbocycles. The van der Waals surface area contributed by atoms with Gasteiger partial charge in [-0.3, -0.25) is 9.48 Å². The monoisotopic (exact) mass is 342 g/mol. The van der Waals surface area contributed by atoms with Crippen LogP contribution in [0, 0.1) is 0 Å². The van der Waals surface area contributed by atoms with Crippen LogP contribution in [0.15, 0.2) is 36.1 Å². The lowest BCUT2D eigenvalue weighted by molar-refractivity contribution is 0.0946. The van der Waals surface area contributed by atoms with Gasteiger partial charge in [0, 0.05) is 51.0 Å². The summed E-state index contributed by atoms with van der Waals surface area (Å²) in [5.74, 6) is 0.666. The second kappa shape index (κ2) is 6.79. The number of hydrogen-bond acceptors (Lipinski definition) is 6. The molecule has 0 bridgehead atoms. The number of hydrogen-bond donors (Lipinski definition) is 1. The fraction of sp³-hybridized carbons (Fsp3) is 0.250. The molecule has 24 heavy (non-hydrogen) atoms. The van der Waals surface area contributed by atoms with Crippen LogP contribution in [0.1, 0.15) is 16.1 Å². The van der Waals surface area contributed by atoms with Crippen molar-refractivity contribution in [2.45, 2.75) is 6.54 Å². The molecule has 0 saturated heterocycles. The van der Waals surface area contributed by atoms with Crippen LogP contribution >= 0.6 is 11.3 Å². The number of nitrogens with one attached hydrogen (secondary N) is 1. The van der Waals surface area contributed by atoms with Crippen LogP contribution in [-0.4, -0.2) is 39.8 Å². The van der Waals surface area contributed by atoms with E-state index in [9.17, 15) is 4.79 Å². The molecule has 0 aromatic carbocycles. The first-order chi connectivity index (χ1) is 11.5. The van der Waals surface area contributed by atoms with E-state index in [-0.39, 0.29) is 5.91 Å². The summed E-state index contributed by atoms with van der Waals surface area (Å²) in [7, 11) is 5.71. The van der Waals surface area contributed by atoms with Crippen LogP contribution in [0.5, 0.6) is 0 Å². The van der Waals surface area contributed by atoms with E-state index in [2.05, 4.69) is 20.4 Å². The molecular weight excluding hydrogens is 324 g/mol. The normalized spacial score (nSPS) is 10.6. The second-order valence-electron chi connectivity index (χ2n) is 5.54. The number of carbonyl (C=O) groups excluding carboxylic acids is 1. The van der Waals surface area contributed by atoms with Gasteiger partial charge >= 0.3 is 0 Å². The minimum absolute atomic E-state index is 0.190. The molecule has 0 aliphatic rings. The Morgan fingerprint density at radius 1 is 1.42 bits per heavy atom. The summed E-state index contributed by atoms with van der Waals surface area (Å²) < 4.78 is 1.71. The number of carbonyl (C=O) groups is 1. The van der Waals surface area contributed by atoms with Crippen LogP contribution in [0.25, 0.3) is 10.6 Å². The second-order valence-corrected chi connectivity index (χ2v) is 6.40. The number of rotatable bonds is 5. The van der Waals surface area contributed by atoms with E-state index in [1.54, 1.807) is 22.5 Å². The maximum atomic E-state index is 12.3. The van der Waals surface area contributed by atoms with Crippen molar-refractivity contribution in [3.63, 3.8) is 0 Å². The first-order valence-electron chi connectivity index (χ1n) is 7.38. The first kappa shape index (κ1) is 16.1. The summed E-state index contributed by atoms with van der Waals surface area (Å²) in [5.41, 5.74) is 2.32. The fourth-order valence-corrected chi connectivity index (χ4v) is 2.91. The van der Waals surface area contributed by atoms with E-state index in [1.807, 2.05) is 44.4 Å². The van der Waals surface area contributed by atoms with E-state index in [0.29, 0.717) is 12.2 Å². The average Bonchev–Trinajstić information content (AvgIpc) is 3.21. The predicted molar refractivity (Wildman–Crippen MR) is 94.1 cm³/mol. The minimum atomic E-state index is -0.190. The third-order valence-electron chi connectivity index (χ3n) is 3.41. The Hall–Kier alpha value is -2.74. The first-order valence-corrected chi connectivity index (χ1v) is 8.26. The highest BCUT2D eigenvalue weighted by Crippen LogP contribution is 2.22. The predicted octanol–water partition coefficient (Wildman–Crippen LogP) is 1.93. The molecule has 0 unspecified atom stereocenters. The Kier molecular flexibility index (Phi) is 4.57. The van der Waals surface area contributed by atoms with E-state index >= 15 is 0 Å². The standard InChI is InChI=1S/C16H18N6OS/c1-21(2)14-6-11(4-5-17-14)7-18-15(23)13-10-24-16(20-13)12-8-19-22(3)9-12/h4-6,8-10H,7H2,1-3H3,(H,18,23). The lowest BCUT2D eigenvalue weighted by atomic mass is 10.2. The van der Waals surface area contributed by atoms with Crippen molar-refractivity contribution in [1.29, 1.82) is 0 Å². The van der Waals surface area contributed by atoms with Gasteiger partial charge in [0.25, 0.3) is 5.91 Å². The van der Waals surface area contributed by atoms with Crippen LogP contribution in [0.4, 0.5) is 5.82 Å². The Labute approximate surface area is 144 Å². The largest absolute Gasteiger partial charge is 0.363 e. The van der Waals surface area contributed by atoms with Crippen LogP contribution < -0.4 is 10.2 Å². The Morgan fingerprint density at radius 2 is 2.25 bits per heavy atom. The number of nitrogens with zero attached hydrogens (tertiary/aromatic N) is 5. The lowest BCUT2D eigenvalue weighted by Gasteiger charge is -2.12. The molecule has 124 valence electrons. The van der Waals surface area contributed by atoms with Crippen LogP contribution in [-0.2, 0) is 13.6 Å². The van der Waals surface area contributed by atoms with Gasteiger partial charge in [0.2, 0.25) is 0 Å². The zero-order chi connectivity index (χ0) is 17.1. The SMILES string of the molecule is CN(C)c1cc(CNC(=O)c2csc(-c3cnn(C)c3)n2)ccn1. The minimum Gasteiger partial charge on any atom is -0.363 e. The molecule has 0 fully saturated rings. The smallest absolute Gasteiger partial charge is 0.271 e. The highest BCUT2D eigenvalue weighted by molar-refractivity contribution is 7.13. The highest BCUT2D eigenvalue weighted by atomic mass is 32.1. The van der Waals surface area contributed by atoms with Crippen LogP contribution in [0.2, 0.25) is 0 Å². The van der Waals surface area contributed by atoms with Crippen molar-refractivity contribution in [3.05, 3.63) is 47.4 Å². The quantitative estimate of drug-likeness (QED) is 0.767. The lowest BCUT2D eigenvalue weighted by Crippen LogP contribution is -2.23. The summed E-state index contributed by atoms with van der Waals surface area (Å²) in [6.07, 6.45) is 5.35. The molecule has 3 rings (SSSR count).